The molecule has 5 nitrogen and oxygen atoms in total. The van der Waals surface area contributed by atoms with E-state index in [1.54, 1.807) is 19.0 Å². The smallest absolute Gasteiger partial charge is 0.215 e. The number of rotatable bonds is 6. The maximum Gasteiger partial charge on any atom is 0.215 e. The molecule has 0 saturated carbocycles. The Kier molecular flexibility index (Phi) is 2.26. The number of nitrogens with zero attached hydrogens (tertiary/aromatic N) is 1. The standard InChI is InChI=1S/C14H21N3O2S/c1-15-20(18,19)10-11-4-5-14-13(8-11)12(9-16-14)6-7-17(2)3/h4-5,8-9,15-16H,6-7,10H2,1-3H3/i1D3,6D2,9D/hD2. The summed E-state index contributed by atoms with van der Waals surface area (Å²) in [6.07, 6.45) is -2.34. The Morgan fingerprint density at radius 2 is 2.40 bits per heavy atom. The highest BCUT2D eigenvalue weighted by Gasteiger charge is 2.11. The Hall–Kier alpha value is -1.37. The first-order valence-corrected chi connectivity index (χ1v) is 7.49. The van der Waals surface area contributed by atoms with E-state index in [0.717, 1.165) is 4.98 Å². The van der Waals surface area contributed by atoms with E-state index in [4.69, 9.17) is 11.0 Å². The Bertz CT molecular complexity index is 985. The lowest BCUT2D eigenvalue weighted by Gasteiger charge is -2.08. The largest absolute Gasteiger partial charge is 0.361 e. The summed E-state index contributed by atoms with van der Waals surface area (Å²) in [6.45, 7) is -3.20. The Labute approximate surface area is 131 Å². The Morgan fingerprint density at radius 3 is 3.10 bits per heavy atom. The van der Waals surface area contributed by atoms with Crippen LogP contribution in [0.3, 0.4) is 0 Å². The lowest BCUT2D eigenvalue weighted by atomic mass is 10.1. The molecule has 0 fully saturated rings. The van der Waals surface area contributed by atoms with Gasteiger partial charge in [0.05, 0.1) is 7.12 Å². The molecule has 0 aliphatic heterocycles. The number of hydrogen-bond acceptors (Lipinski definition) is 3. The van der Waals surface area contributed by atoms with E-state index in [0.29, 0.717) is 0 Å². The number of hydrogen-bond donors (Lipinski definition) is 2. The van der Waals surface area contributed by atoms with Crippen LogP contribution in [-0.4, -0.2) is 45.9 Å². The number of aromatic nitrogens is 1. The fraction of sp³-hybridized carbons (Fsp3) is 0.429. The van der Waals surface area contributed by atoms with Gasteiger partial charge in [0.25, 0.3) is 0 Å². The maximum atomic E-state index is 12.2. The second-order valence-corrected chi connectivity index (χ2v) is 6.32. The molecule has 0 amide bonds. The van der Waals surface area contributed by atoms with Crippen molar-refractivity contribution in [2.24, 2.45) is 0 Å². The molecule has 1 aromatic heterocycles. The molecule has 1 heterocycles. The number of sulfonamides is 1. The highest BCUT2D eigenvalue weighted by molar-refractivity contribution is 7.88. The topological polar surface area (TPSA) is 65.2 Å². The zero-order valence-corrected chi connectivity index (χ0v) is 12.0. The van der Waals surface area contributed by atoms with Gasteiger partial charge in [0, 0.05) is 30.5 Å². The second kappa shape index (κ2) is 5.95. The van der Waals surface area contributed by atoms with Crippen LogP contribution in [0, 0.1) is 0 Å². The third-order valence-electron chi connectivity index (χ3n) is 2.68. The molecule has 0 bridgehead atoms. The van der Waals surface area contributed by atoms with E-state index in [-0.39, 0.29) is 34.7 Å². The van der Waals surface area contributed by atoms with Crippen molar-refractivity contribution in [3.05, 3.63) is 35.5 Å². The summed E-state index contributed by atoms with van der Waals surface area (Å²) in [4.78, 5) is 2.35. The van der Waals surface area contributed by atoms with Crippen LogP contribution in [-0.2, 0) is 22.1 Å². The quantitative estimate of drug-likeness (QED) is 0.846. The molecule has 0 saturated heterocycles. The third kappa shape index (κ3) is 3.59. The number of H-pyrrole nitrogens is 1. The van der Waals surface area contributed by atoms with Crippen molar-refractivity contribution in [1.29, 1.82) is 0 Å². The van der Waals surface area contributed by atoms with Gasteiger partial charge < -0.3 is 9.88 Å². The highest BCUT2D eigenvalue weighted by atomic mass is 32.2. The number of benzene rings is 1. The first-order chi connectivity index (χ1) is 12.6. The van der Waals surface area contributed by atoms with Crippen molar-refractivity contribution in [3.63, 3.8) is 0 Å². The van der Waals surface area contributed by atoms with E-state index in [1.165, 1.54) is 18.2 Å². The van der Waals surface area contributed by atoms with Crippen LogP contribution >= 0.6 is 0 Å². The molecular weight excluding hydrogens is 274 g/mol. The van der Waals surface area contributed by atoms with Gasteiger partial charge in [-0.2, -0.15) is 0 Å². The van der Waals surface area contributed by atoms with Crippen molar-refractivity contribution in [2.75, 3.05) is 27.6 Å². The van der Waals surface area contributed by atoms with Crippen molar-refractivity contribution >= 4 is 20.9 Å². The molecule has 0 atom stereocenters. The van der Waals surface area contributed by atoms with E-state index in [2.05, 4.69) is 0 Å². The first kappa shape index (κ1) is 7.59. The number of fused-ring (bicyclic) bond motifs is 1. The van der Waals surface area contributed by atoms with Crippen LogP contribution < -0.4 is 4.72 Å². The van der Waals surface area contributed by atoms with E-state index >= 15 is 0 Å². The number of aromatic amines is 1. The molecule has 6 heteroatoms. The average Bonchev–Trinajstić information content (AvgIpc) is 2.75. The lowest BCUT2D eigenvalue weighted by Crippen LogP contribution is -2.20. The van der Waals surface area contributed by atoms with E-state index in [9.17, 15) is 8.42 Å². The molecule has 0 radical (unpaired) electrons. The summed E-state index contributed by atoms with van der Waals surface area (Å²) in [5.41, 5.74) is 0.299. The monoisotopic (exact) mass is 303 g/mol. The summed E-state index contributed by atoms with van der Waals surface area (Å²) in [5, 5.41) is 0.199. The summed E-state index contributed by atoms with van der Waals surface area (Å²) in [5.74, 6) is -0.780. The van der Waals surface area contributed by atoms with Gasteiger partial charge in [0.1, 0.15) is 1.41 Å². The third-order valence-corrected chi connectivity index (χ3v) is 3.65. The Morgan fingerprint density at radius 1 is 1.60 bits per heavy atom. The van der Waals surface area contributed by atoms with Gasteiger partial charge >= 0.3 is 0 Å². The van der Waals surface area contributed by atoms with Crippen LogP contribution in [0.15, 0.2) is 24.4 Å². The van der Waals surface area contributed by atoms with Crippen molar-refractivity contribution < 1.29 is 19.5 Å². The van der Waals surface area contributed by atoms with Crippen LogP contribution in [0.1, 0.15) is 19.4 Å². The summed E-state index contributed by atoms with van der Waals surface area (Å²) in [6, 6.07) is 4.05. The molecule has 0 aliphatic carbocycles. The molecule has 1 aromatic carbocycles. The van der Waals surface area contributed by atoms with Gasteiger partial charge in [-0.05, 0) is 50.7 Å². The molecule has 0 spiro atoms. The SMILES string of the molecule is [2H]c1c(C([2H])([2H])CN(C)C)c2cc(CS(=O)(=O)N([2H])C([2H])([2H])[2H])ccc2n1[2H]. The summed E-state index contributed by atoms with van der Waals surface area (Å²) in [7, 11) is -1.15. The van der Waals surface area contributed by atoms with E-state index in [1.807, 2.05) is 0 Å². The fourth-order valence-electron chi connectivity index (χ4n) is 1.76. The van der Waals surface area contributed by atoms with Crippen LogP contribution in [0.2, 0.25) is 2.82 Å². The summed E-state index contributed by atoms with van der Waals surface area (Å²) < 4.78 is 85.3. The maximum absolute atomic E-state index is 12.2. The van der Waals surface area contributed by atoms with Gasteiger partial charge in [0.15, 0.2) is 1.41 Å². The molecule has 110 valence electrons. The van der Waals surface area contributed by atoms with Crippen molar-refractivity contribution in [3.8, 4) is 0 Å². The van der Waals surface area contributed by atoms with Crippen LogP contribution in [0.4, 0.5) is 0 Å². The number of nitrogens with one attached hydrogen (secondary N) is 2. The van der Waals surface area contributed by atoms with Crippen LogP contribution in [0.5, 0.6) is 0 Å². The van der Waals surface area contributed by atoms with Gasteiger partial charge in [-0.25, -0.2) is 13.1 Å². The molecule has 20 heavy (non-hydrogen) atoms. The molecule has 2 N–H and O–H groups in total. The minimum absolute atomic E-state index is 0.0519. The normalized spacial score (nSPS) is 19.8. The minimum atomic E-state index is -4.48. The zero-order chi connectivity index (χ0) is 21.7. The average molecular weight is 303 g/mol. The molecule has 0 unspecified atom stereocenters. The van der Waals surface area contributed by atoms with Crippen molar-refractivity contribution in [1.82, 2.24) is 14.6 Å². The van der Waals surface area contributed by atoms with E-state index < -0.39 is 33.8 Å². The molecule has 2 aromatic rings. The second-order valence-electron chi connectivity index (χ2n) is 4.68. The molecule has 0 aliphatic rings. The predicted molar refractivity (Wildman–Crippen MR) is 82.2 cm³/mol. The molecular formula is C14H21N3O2S. The van der Waals surface area contributed by atoms with Crippen LogP contribution in [0.25, 0.3) is 10.9 Å². The Balaban J connectivity index is 2.58. The minimum Gasteiger partial charge on any atom is -0.361 e. The zero-order valence-electron chi connectivity index (χ0n) is 19.2. The van der Waals surface area contributed by atoms with Crippen molar-refractivity contribution in [2.45, 2.75) is 12.1 Å². The van der Waals surface area contributed by atoms with Gasteiger partial charge in [0.2, 0.25) is 10.0 Å². The first-order valence-electron chi connectivity index (χ1n) is 9.78. The fourth-order valence-corrected chi connectivity index (χ4v) is 2.43. The predicted octanol–water partition coefficient (Wildman–Crippen LogP) is 1.32. The molecule has 2 rings (SSSR count). The lowest BCUT2D eigenvalue weighted by molar-refractivity contribution is 0.414. The summed E-state index contributed by atoms with van der Waals surface area (Å²) >= 11 is 0. The number of likely N-dealkylation sites (N-methyl/N-ethyl adjacent to an activating group) is 1. The van der Waals surface area contributed by atoms with Gasteiger partial charge in [-0.15, -0.1) is 0 Å². The van der Waals surface area contributed by atoms with Gasteiger partial charge in [-0.3, -0.25) is 0 Å². The van der Waals surface area contributed by atoms with Gasteiger partial charge in [-0.1, -0.05) is 6.07 Å². The highest BCUT2D eigenvalue weighted by Crippen LogP contribution is 2.21.